The van der Waals surface area contributed by atoms with E-state index in [4.69, 9.17) is 4.42 Å². The molecular formula is C11H11N3O5S. The minimum Gasteiger partial charge on any atom is -0.408 e. The zero-order valence-corrected chi connectivity index (χ0v) is 11.1. The summed E-state index contributed by atoms with van der Waals surface area (Å²) in [7, 11) is -3.78. The minimum absolute atomic E-state index is 0.0116. The number of carbonyl (C=O) groups excluding carboxylic acids is 1. The van der Waals surface area contributed by atoms with E-state index in [0.717, 1.165) is 4.31 Å². The van der Waals surface area contributed by atoms with Crippen molar-refractivity contribution >= 4 is 27.0 Å². The van der Waals surface area contributed by atoms with Crippen LogP contribution in [-0.4, -0.2) is 43.2 Å². The number of piperazine rings is 1. The first kappa shape index (κ1) is 12.9. The summed E-state index contributed by atoms with van der Waals surface area (Å²) in [5.41, 5.74) is 0.586. The topological polar surface area (TPSA) is 112 Å². The third kappa shape index (κ3) is 2.10. The van der Waals surface area contributed by atoms with Crippen molar-refractivity contribution in [2.45, 2.75) is 4.90 Å². The minimum atomic E-state index is -3.78. The largest absolute Gasteiger partial charge is 0.417 e. The van der Waals surface area contributed by atoms with Gasteiger partial charge in [0.25, 0.3) is 0 Å². The summed E-state index contributed by atoms with van der Waals surface area (Å²) in [6, 6.07) is 4.10. The van der Waals surface area contributed by atoms with E-state index >= 15 is 0 Å². The Morgan fingerprint density at radius 1 is 1.25 bits per heavy atom. The number of aromatic amines is 1. The van der Waals surface area contributed by atoms with Crippen molar-refractivity contribution in [3.63, 3.8) is 0 Å². The highest BCUT2D eigenvalue weighted by Gasteiger charge is 2.29. The maximum atomic E-state index is 12.4. The van der Waals surface area contributed by atoms with Gasteiger partial charge in [-0.05, 0) is 12.1 Å². The number of sulfonamides is 1. The normalized spacial score (nSPS) is 17.3. The van der Waals surface area contributed by atoms with E-state index < -0.39 is 15.8 Å². The Bertz CT molecular complexity index is 835. The van der Waals surface area contributed by atoms with Crippen molar-refractivity contribution in [3.05, 3.63) is 28.7 Å². The SMILES string of the molecule is O=C1CN(S(=O)(=O)c2ccc3[nH]c(=O)oc3c2)CCN1. The molecule has 1 aromatic heterocycles. The zero-order valence-electron chi connectivity index (χ0n) is 10.3. The molecule has 1 amide bonds. The second-order valence-electron chi connectivity index (χ2n) is 4.36. The van der Waals surface area contributed by atoms with Crippen molar-refractivity contribution < 1.29 is 17.6 Å². The highest BCUT2D eigenvalue weighted by atomic mass is 32.2. The van der Waals surface area contributed by atoms with Gasteiger partial charge in [0.2, 0.25) is 15.9 Å². The Morgan fingerprint density at radius 3 is 2.80 bits per heavy atom. The van der Waals surface area contributed by atoms with E-state index in [-0.39, 0.29) is 36.0 Å². The number of hydrogen-bond donors (Lipinski definition) is 2. The number of hydrogen-bond acceptors (Lipinski definition) is 5. The lowest BCUT2D eigenvalue weighted by molar-refractivity contribution is -0.122. The molecule has 8 nitrogen and oxygen atoms in total. The van der Waals surface area contributed by atoms with Crippen LogP contribution >= 0.6 is 0 Å². The molecule has 0 spiro atoms. The Balaban J connectivity index is 2.03. The molecule has 1 aromatic carbocycles. The molecule has 2 heterocycles. The van der Waals surface area contributed by atoms with E-state index in [1.807, 2.05) is 0 Å². The second-order valence-corrected chi connectivity index (χ2v) is 6.30. The molecule has 3 rings (SSSR count). The lowest BCUT2D eigenvalue weighted by Gasteiger charge is -2.25. The summed E-state index contributed by atoms with van der Waals surface area (Å²) in [4.78, 5) is 24.8. The molecule has 9 heteroatoms. The van der Waals surface area contributed by atoms with Gasteiger partial charge >= 0.3 is 5.76 Å². The van der Waals surface area contributed by atoms with E-state index in [0.29, 0.717) is 5.52 Å². The van der Waals surface area contributed by atoms with Crippen LogP contribution in [0.2, 0.25) is 0 Å². The van der Waals surface area contributed by atoms with Crippen LogP contribution in [0.4, 0.5) is 0 Å². The van der Waals surface area contributed by atoms with Crippen molar-refractivity contribution in [3.8, 4) is 0 Å². The van der Waals surface area contributed by atoms with Crippen LogP contribution in [0.1, 0.15) is 0 Å². The third-order valence-electron chi connectivity index (χ3n) is 3.03. The number of fused-ring (bicyclic) bond motifs is 1. The number of carbonyl (C=O) groups is 1. The number of H-pyrrole nitrogens is 1. The Kier molecular flexibility index (Phi) is 2.87. The zero-order chi connectivity index (χ0) is 14.3. The fraction of sp³-hybridized carbons (Fsp3) is 0.273. The van der Waals surface area contributed by atoms with Crippen LogP contribution in [0.5, 0.6) is 0 Å². The van der Waals surface area contributed by atoms with Crippen molar-refractivity contribution in [2.24, 2.45) is 0 Å². The molecular weight excluding hydrogens is 286 g/mol. The van der Waals surface area contributed by atoms with Gasteiger partial charge in [0.05, 0.1) is 17.0 Å². The first-order chi connectivity index (χ1) is 9.46. The van der Waals surface area contributed by atoms with Crippen LogP contribution < -0.4 is 11.1 Å². The predicted octanol–water partition coefficient (Wildman–Crippen LogP) is -0.758. The Morgan fingerprint density at radius 2 is 2.05 bits per heavy atom. The van der Waals surface area contributed by atoms with Crippen LogP contribution in [0.25, 0.3) is 11.1 Å². The second kappa shape index (κ2) is 4.46. The molecule has 1 aliphatic heterocycles. The highest BCUT2D eigenvalue weighted by molar-refractivity contribution is 7.89. The van der Waals surface area contributed by atoms with Gasteiger partial charge in [0.1, 0.15) is 0 Å². The fourth-order valence-corrected chi connectivity index (χ4v) is 3.47. The first-order valence-electron chi connectivity index (χ1n) is 5.86. The molecule has 2 N–H and O–H groups in total. The fourth-order valence-electron chi connectivity index (χ4n) is 2.06. The van der Waals surface area contributed by atoms with Gasteiger partial charge in [-0.2, -0.15) is 4.31 Å². The standard InChI is InChI=1S/C11H11N3O5S/c15-10-6-14(4-3-12-10)20(17,18)7-1-2-8-9(5-7)19-11(16)13-8/h1-2,5H,3-4,6H2,(H,12,15)(H,13,16). The number of benzene rings is 1. The smallest absolute Gasteiger partial charge is 0.408 e. The number of aromatic nitrogens is 1. The van der Waals surface area contributed by atoms with Gasteiger partial charge in [-0.25, -0.2) is 13.2 Å². The lowest BCUT2D eigenvalue weighted by Crippen LogP contribution is -2.49. The van der Waals surface area contributed by atoms with Crippen molar-refractivity contribution in [2.75, 3.05) is 19.6 Å². The molecule has 0 atom stereocenters. The summed E-state index contributed by atoms with van der Waals surface area (Å²) in [5.74, 6) is -0.985. The average molecular weight is 297 g/mol. The third-order valence-corrected chi connectivity index (χ3v) is 4.87. The van der Waals surface area contributed by atoms with Gasteiger partial charge < -0.3 is 9.73 Å². The molecule has 1 aliphatic rings. The van der Waals surface area contributed by atoms with E-state index in [1.165, 1.54) is 18.2 Å². The van der Waals surface area contributed by atoms with Crippen molar-refractivity contribution in [1.82, 2.24) is 14.6 Å². The van der Waals surface area contributed by atoms with Gasteiger partial charge in [-0.3, -0.25) is 9.78 Å². The van der Waals surface area contributed by atoms with Crippen LogP contribution in [0.15, 0.2) is 32.3 Å². The number of nitrogens with zero attached hydrogens (tertiary/aromatic N) is 1. The maximum Gasteiger partial charge on any atom is 0.417 e. The molecule has 0 unspecified atom stereocenters. The number of amides is 1. The van der Waals surface area contributed by atoms with Gasteiger partial charge in [0, 0.05) is 19.2 Å². The molecule has 106 valence electrons. The van der Waals surface area contributed by atoms with Gasteiger partial charge in [0.15, 0.2) is 5.58 Å². The van der Waals surface area contributed by atoms with Crippen LogP contribution in [0, 0.1) is 0 Å². The molecule has 2 aromatic rings. The van der Waals surface area contributed by atoms with Gasteiger partial charge in [-0.15, -0.1) is 0 Å². The van der Waals surface area contributed by atoms with Crippen LogP contribution in [0.3, 0.4) is 0 Å². The monoisotopic (exact) mass is 297 g/mol. The number of rotatable bonds is 2. The molecule has 0 radical (unpaired) electrons. The Labute approximate surface area is 113 Å². The molecule has 0 aliphatic carbocycles. The summed E-state index contributed by atoms with van der Waals surface area (Å²) in [6.45, 7) is 0.278. The molecule has 0 saturated carbocycles. The maximum absolute atomic E-state index is 12.4. The molecule has 20 heavy (non-hydrogen) atoms. The van der Waals surface area contributed by atoms with E-state index in [2.05, 4.69) is 10.3 Å². The van der Waals surface area contributed by atoms with E-state index in [1.54, 1.807) is 0 Å². The quantitative estimate of drug-likeness (QED) is 0.756. The summed E-state index contributed by atoms with van der Waals surface area (Å²) < 4.78 is 30.7. The highest BCUT2D eigenvalue weighted by Crippen LogP contribution is 2.20. The van der Waals surface area contributed by atoms with E-state index in [9.17, 15) is 18.0 Å². The van der Waals surface area contributed by atoms with Crippen LogP contribution in [-0.2, 0) is 14.8 Å². The number of oxazole rings is 1. The molecule has 1 saturated heterocycles. The summed E-state index contributed by atoms with van der Waals surface area (Å²) in [6.07, 6.45) is 0. The Hall–Kier alpha value is -2.13. The average Bonchev–Trinajstić information content (AvgIpc) is 2.77. The predicted molar refractivity (Wildman–Crippen MR) is 68.6 cm³/mol. The summed E-state index contributed by atoms with van der Waals surface area (Å²) in [5, 5.41) is 2.56. The summed E-state index contributed by atoms with van der Waals surface area (Å²) >= 11 is 0. The van der Waals surface area contributed by atoms with Gasteiger partial charge in [-0.1, -0.05) is 0 Å². The molecule has 1 fully saturated rings. The van der Waals surface area contributed by atoms with Crippen molar-refractivity contribution in [1.29, 1.82) is 0 Å². The first-order valence-corrected chi connectivity index (χ1v) is 7.30. The molecule has 0 bridgehead atoms. The lowest BCUT2D eigenvalue weighted by atomic mass is 10.3. The number of nitrogens with one attached hydrogen (secondary N) is 2.